The SMILES string of the molecule is Cc1cc(C)cc(Oc2ccc(NC(=O)CCC(=O)OCC(=O)Nc3ccc(Cl)cc3Cl)cc2)c1. The number of benzene rings is 3. The normalized spacial score (nSPS) is 10.4. The van der Waals surface area contributed by atoms with Crippen LogP contribution in [0.4, 0.5) is 11.4 Å². The van der Waals surface area contributed by atoms with Gasteiger partial charge >= 0.3 is 5.97 Å². The van der Waals surface area contributed by atoms with Crippen molar-refractivity contribution in [2.75, 3.05) is 17.2 Å². The molecule has 0 spiro atoms. The molecule has 0 aliphatic rings. The molecule has 0 aromatic heterocycles. The molecular weight excluding hydrogens is 491 g/mol. The molecule has 0 radical (unpaired) electrons. The van der Waals surface area contributed by atoms with E-state index in [0.717, 1.165) is 16.9 Å². The first-order valence-corrected chi connectivity index (χ1v) is 11.5. The number of aryl methyl sites for hydroxylation is 2. The number of esters is 1. The van der Waals surface area contributed by atoms with E-state index in [1.54, 1.807) is 30.3 Å². The monoisotopic (exact) mass is 514 g/mol. The van der Waals surface area contributed by atoms with E-state index in [-0.39, 0.29) is 23.8 Å². The Bertz CT molecular complexity index is 1210. The van der Waals surface area contributed by atoms with Gasteiger partial charge < -0.3 is 20.1 Å². The molecule has 9 heteroatoms. The second-order valence-electron chi connectivity index (χ2n) is 7.83. The van der Waals surface area contributed by atoms with E-state index in [4.69, 9.17) is 32.7 Å². The number of carbonyl (C=O) groups excluding carboxylic acids is 3. The van der Waals surface area contributed by atoms with E-state index in [1.807, 2.05) is 26.0 Å². The molecule has 0 saturated heterocycles. The minimum Gasteiger partial charge on any atom is -0.457 e. The van der Waals surface area contributed by atoms with Gasteiger partial charge in [0.05, 0.1) is 17.1 Å². The van der Waals surface area contributed by atoms with Crippen LogP contribution < -0.4 is 15.4 Å². The quantitative estimate of drug-likeness (QED) is 0.326. The smallest absolute Gasteiger partial charge is 0.306 e. The molecule has 0 saturated carbocycles. The second-order valence-corrected chi connectivity index (χ2v) is 8.67. The van der Waals surface area contributed by atoms with E-state index in [2.05, 4.69) is 16.7 Å². The zero-order valence-electron chi connectivity index (χ0n) is 19.2. The summed E-state index contributed by atoms with van der Waals surface area (Å²) in [5.74, 6) is -0.218. The Kier molecular flexibility index (Phi) is 9.11. The Labute approximate surface area is 213 Å². The molecule has 0 unspecified atom stereocenters. The number of nitrogens with one attached hydrogen (secondary N) is 2. The Morgan fingerprint density at radius 2 is 1.46 bits per heavy atom. The van der Waals surface area contributed by atoms with Crippen molar-refractivity contribution in [3.8, 4) is 11.5 Å². The summed E-state index contributed by atoms with van der Waals surface area (Å²) in [5.41, 5.74) is 3.13. The minimum atomic E-state index is -0.672. The molecule has 3 rings (SSSR count). The van der Waals surface area contributed by atoms with Gasteiger partial charge in [-0.25, -0.2) is 0 Å². The summed E-state index contributed by atoms with van der Waals surface area (Å²) in [6.07, 6.45) is -0.265. The Hall–Kier alpha value is -3.55. The number of amides is 2. The fourth-order valence-electron chi connectivity index (χ4n) is 3.17. The van der Waals surface area contributed by atoms with Crippen molar-refractivity contribution in [3.05, 3.63) is 81.8 Å². The molecule has 0 aliphatic heterocycles. The van der Waals surface area contributed by atoms with Crippen molar-refractivity contribution in [2.24, 2.45) is 0 Å². The molecule has 2 N–H and O–H groups in total. The Morgan fingerprint density at radius 3 is 2.11 bits per heavy atom. The zero-order chi connectivity index (χ0) is 25.4. The van der Waals surface area contributed by atoms with Crippen LogP contribution in [0.2, 0.25) is 10.0 Å². The summed E-state index contributed by atoms with van der Waals surface area (Å²) < 4.78 is 10.8. The first-order chi connectivity index (χ1) is 16.7. The maximum absolute atomic E-state index is 12.2. The number of hydrogen-bond acceptors (Lipinski definition) is 5. The lowest BCUT2D eigenvalue weighted by Crippen LogP contribution is -2.22. The predicted octanol–water partition coefficient (Wildman–Crippen LogP) is 6.30. The highest BCUT2D eigenvalue weighted by Gasteiger charge is 2.12. The van der Waals surface area contributed by atoms with Gasteiger partial charge in [0.2, 0.25) is 5.91 Å². The summed E-state index contributed by atoms with van der Waals surface area (Å²) in [6, 6.07) is 17.4. The highest BCUT2D eigenvalue weighted by Crippen LogP contribution is 2.26. The van der Waals surface area contributed by atoms with E-state index in [1.165, 1.54) is 12.1 Å². The number of halogens is 2. The number of hydrogen-bond donors (Lipinski definition) is 2. The standard InChI is InChI=1S/C26H24Cl2N2O5/c1-16-11-17(2)13-21(12-16)35-20-6-4-19(5-7-20)29-24(31)9-10-26(33)34-15-25(32)30-23-8-3-18(27)14-22(23)28/h3-8,11-14H,9-10,15H2,1-2H3,(H,29,31)(H,30,32). The van der Waals surface area contributed by atoms with Gasteiger partial charge in [-0.3, -0.25) is 14.4 Å². The maximum Gasteiger partial charge on any atom is 0.306 e. The minimum absolute atomic E-state index is 0.0930. The fourth-order valence-corrected chi connectivity index (χ4v) is 3.62. The lowest BCUT2D eigenvalue weighted by molar-refractivity contribution is -0.147. The number of carbonyl (C=O) groups is 3. The highest BCUT2D eigenvalue weighted by atomic mass is 35.5. The Morgan fingerprint density at radius 1 is 0.771 bits per heavy atom. The average Bonchev–Trinajstić information content (AvgIpc) is 2.79. The van der Waals surface area contributed by atoms with Gasteiger partial charge in [-0.15, -0.1) is 0 Å². The molecule has 2 amide bonds. The number of anilines is 2. The van der Waals surface area contributed by atoms with Gasteiger partial charge in [-0.1, -0.05) is 29.3 Å². The fraction of sp³-hybridized carbons (Fsp3) is 0.192. The van der Waals surface area contributed by atoms with Crippen molar-refractivity contribution >= 4 is 52.4 Å². The van der Waals surface area contributed by atoms with Crippen molar-refractivity contribution in [1.29, 1.82) is 0 Å². The van der Waals surface area contributed by atoms with Crippen LogP contribution in [0.1, 0.15) is 24.0 Å². The molecule has 0 fully saturated rings. The lowest BCUT2D eigenvalue weighted by Gasteiger charge is -2.10. The molecular formula is C26H24Cl2N2O5. The molecule has 182 valence electrons. The van der Waals surface area contributed by atoms with Crippen LogP contribution in [-0.2, 0) is 19.1 Å². The van der Waals surface area contributed by atoms with E-state index >= 15 is 0 Å². The molecule has 3 aromatic rings. The largest absolute Gasteiger partial charge is 0.457 e. The van der Waals surface area contributed by atoms with Crippen LogP contribution >= 0.6 is 23.2 Å². The van der Waals surface area contributed by atoms with Crippen LogP contribution in [0.25, 0.3) is 0 Å². The van der Waals surface area contributed by atoms with E-state index in [0.29, 0.717) is 22.1 Å². The van der Waals surface area contributed by atoms with Gasteiger partial charge in [0.15, 0.2) is 6.61 Å². The van der Waals surface area contributed by atoms with Gasteiger partial charge in [0.25, 0.3) is 5.91 Å². The van der Waals surface area contributed by atoms with Crippen molar-refractivity contribution < 1.29 is 23.9 Å². The van der Waals surface area contributed by atoms with E-state index < -0.39 is 18.5 Å². The first-order valence-electron chi connectivity index (χ1n) is 10.7. The molecule has 0 aliphatic carbocycles. The maximum atomic E-state index is 12.2. The Balaban J connectivity index is 1.39. The molecule has 0 atom stereocenters. The third-order valence-corrected chi connectivity index (χ3v) is 5.24. The molecule has 35 heavy (non-hydrogen) atoms. The van der Waals surface area contributed by atoms with Gasteiger partial charge in [-0.2, -0.15) is 0 Å². The van der Waals surface area contributed by atoms with Crippen LogP contribution in [0, 0.1) is 13.8 Å². The molecule has 7 nitrogen and oxygen atoms in total. The van der Waals surface area contributed by atoms with Crippen LogP contribution in [0.3, 0.4) is 0 Å². The molecule has 0 bridgehead atoms. The molecule has 0 heterocycles. The van der Waals surface area contributed by atoms with E-state index in [9.17, 15) is 14.4 Å². The second kappa shape index (κ2) is 12.2. The van der Waals surface area contributed by atoms with Crippen molar-refractivity contribution in [1.82, 2.24) is 0 Å². The van der Waals surface area contributed by atoms with Crippen molar-refractivity contribution in [2.45, 2.75) is 26.7 Å². The number of ether oxygens (including phenoxy) is 2. The van der Waals surface area contributed by atoms with Crippen molar-refractivity contribution in [3.63, 3.8) is 0 Å². The average molecular weight is 515 g/mol. The third-order valence-electron chi connectivity index (χ3n) is 4.69. The lowest BCUT2D eigenvalue weighted by atomic mass is 10.1. The van der Waals surface area contributed by atoms with Crippen LogP contribution in [0.5, 0.6) is 11.5 Å². The third kappa shape index (κ3) is 8.63. The summed E-state index contributed by atoms with van der Waals surface area (Å²) in [7, 11) is 0. The zero-order valence-corrected chi connectivity index (χ0v) is 20.7. The predicted molar refractivity (Wildman–Crippen MR) is 136 cm³/mol. The van der Waals surface area contributed by atoms with Gasteiger partial charge in [0.1, 0.15) is 11.5 Å². The first kappa shape index (κ1) is 26.1. The van der Waals surface area contributed by atoms with Gasteiger partial charge in [0, 0.05) is 17.1 Å². The summed E-state index contributed by atoms with van der Waals surface area (Å²) in [5, 5.41) is 5.92. The highest BCUT2D eigenvalue weighted by molar-refractivity contribution is 6.36. The summed E-state index contributed by atoms with van der Waals surface area (Å²) >= 11 is 11.8. The molecule has 3 aromatic carbocycles. The summed E-state index contributed by atoms with van der Waals surface area (Å²) in [6.45, 7) is 3.50. The van der Waals surface area contributed by atoms with Gasteiger partial charge in [-0.05, 0) is 79.6 Å². The number of rotatable bonds is 9. The van der Waals surface area contributed by atoms with Crippen LogP contribution in [0.15, 0.2) is 60.7 Å². The van der Waals surface area contributed by atoms with Crippen LogP contribution in [-0.4, -0.2) is 24.4 Å². The summed E-state index contributed by atoms with van der Waals surface area (Å²) in [4.78, 5) is 36.0. The topological polar surface area (TPSA) is 93.7 Å².